The maximum atomic E-state index is 11.1. The molecule has 72 valence electrons. The molecular formula is C11H11NO2. The smallest absolute Gasteiger partial charge is 0.248 e. The van der Waals surface area contributed by atoms with E-state index < -0.39 is 0 Å². The van der Waals surface area contributed by atoms with Crippen LogP contribution in [0, 0.1) is 0 Å². The van der Waals surface area contributed by atoms with Gasteiger partial charge in [0.15, 0.2) is 0 Å². The second kappa shape index (κ2) is 3.18. The van der Waals surface area contributed by atoms with Gasteiger partial charge in [-0.2, -0.15) is 0 Å². The highest BCUT2D eigenvalue weighted by atomic mass is 16.3. The Labute approximate surface area is 81.0 Å². The highest BCUT2D eigenvalue weighted by molar-refractivity contribution is 5.83. The number of aromatic nitrogens is 1. The third-order valence-electron chi connectivity index (χ3n) is 2.29. The third kappa shape index (κ3) is 1.37. The number of phenols is 1. The lowest BCUT2D eigenvalue weighted by atomic mass is 10.1. The summed E-state index contributed by atoms with van der Waals surface area (Å²) >= 11 is 0. The fraction of sp³-hybridized carbons (Fsp3) is 0.182. The number of aromatic amines is 1. The molecule has 0 saturated carbocycles. The number of rotatable bonds is 1. The van der Waals surface area contributed by atoms with Crippen LogP contribution in [0.1, 0.15) is 12.5 Å². The number of phenolic OH excluding ortho intramolecular Hbond substituents is 1. The Morgan fingerprint density at radius 3 is 2.86 bits per heavy atom. The van der Waals surface area contributed by atoms with E-state index in [0.717, 1.165) is 17.4 Å². The van der Waals surface area contributed by atoms with Crippen molar-refractivity contribution >= 4 is 10.9 Å². The van der Waals surface area contributed by atoms with Gasteiger partial charge in [0.1, 0.15) is 5.75 Å². The maximum absolute atomic E-state index is 11.1. The van der Waals surface area contributed by atoms with Gasteiger partial charge in [0.05, 0.1) is 5.52 Å². The molecule has 0 amide bonds. The molecule has 0 aliphatic heterocycles. The molecule has 14 heavy (non-hydrogen) atoms. The highest BCUT2D eigenvalue weighted by Gasteiger charge is 2.02. The van der Waals surface area contributed by atoms with Gasteiger partial charge in [0, 0.05) is 17.5 Å². The van der Waals surface area contributed by atoms with Crippen LogP contribution in [0.2, 0.25) is 0 Å². The standard InChI is InChI=1S/C11H11NO2/c1-2-7-5-8(13)6-10-9(7)3-4-11(14)12-10/h3-6,13H,2H2,1H3,(H,12,14). The van der Waals surface area contributed by atoms with Crippen LogP contribution in [-0.4, -0.2) is 10.1 Å². The average molecular weight is 189 g/mol. The van der Waals surface area contributed by atoms with E-state index in [0.29, 0.717) is 5.52 Å². The van der Waals surface area contributed by atoms with Gasteiger partial charge in [-0.15, -0.1) is 0 Å². The zero-order chi connectivity index (χ0) is 10.1. The number of nitrogens with one attached hydrogen (secondary N) is 1. The lowest BCUT2D eigenvalue weighted by Crippen LogP contribution is -2.03. The van der Waals surface area contributed by atoms with Crippen molar-refractivity contribution in [1.29, 1.82) is 0 Å². The number of benzene rings is 1. The highest BCUT2D eigenvalue weighted by Crippen LogP contribution is 2.22. The number of hydrogen-bond acceptors (Lipinski definition) is 2. The number of pyridine rings is 1. The molecule has 0 radical (unpaired) electrons. The summed E-state index contributed by atoms with van der Waals surface area (Å²) < 4.78 is 0. The lowest BCUT2D eigenvalue weighted by molar-refractivity contribution is 0.475. The molecule has 1 heterocycles. The maximum Gasteiger partial charge on any atom is 0.248 e. The molecule has 0 unspecified atom stereocenters. The van der Waals surface area contributed by atoms with E-state index >= 15 is 0 Å². The number of aromatic hydroxyl groups is 1. The van der Waals surface area contributed by atoms with E-state index in [2.05, 4.69) is 4.98 Å². The molecular weight excluding hydrogens is 178 g/mol. The predicted molar refractivity (Wildman–Crippen MR) is 55.6 cm³/mol. The van der Waals surface area contributed by atoms with Gasteiger partial charge in [-0.1, -0.05) is 6.92 Å². The normalized spacial score (nSPS) is 10.6. The van der Waals surface area contributed by atoms with Gasteiger partial charge in [-0.05, 0) is 24.1 Å². The molecule has 0 aliphatic carbocycles. The van der Waals surface area contributed by atoms with Gasteiger partial charge in [-0.3, -0.25) is 4.79 Å². The molecule has 1 aromatic carbocycles. The van der Waals surface area contributed by atoms with Crippen LogP contribution < -0.4 is 5.56 Å². The van der Waals surface area contributed by atoms with Crippen LogP contribution >= 0.6 is 0 Å². The van der Waals surface area contributed by atoms with Gasteiger partial charge >= 0.3 is 0 Å². The summed E-state index contributed by atoms with van der Waals surface area (Å²) in [6.07, 6.45) is 0.830. The van der Waals surface area contributed by atoms with Crippen LogP contribution in [0.5, 0.6) is 5.75 Å². The molecule has 0 bridgehead atoms. The minimum atomic E-state index is -0.148. The molecule has 0 spiro atoms. The first-order valence-corrected chi connectivity index (χ1v) is 4.55. The van der Waals surface area contributed by atoms with Crippen LogP contribution in [-0.2, 0) is 6.42 Å². The topological polar surface area (TPSA) is 53.1 Å². The van der Waals surface area contributed by atoms with E-state index in [9.17, 15) is 9.90 Å². The van der Waals surface area contributed by atoms with Crippen molar-refractivity contribution in [2.75, 3.05) is 0 Å². The minimum Gasteiger partial charge on any atom is -0.508 e. The Kier molecular flexibility index (Phi) is 2.00. The van der Waals surface area contributed by atoms with E-state index in [1.165, 1.54) is 6.07 Å². The average Bonchev–Trinajstić information content (AvgIpc) is 2.15. The quantitative estimate of drug-likeness (QED) is 0.718. The Morgan fingerprint density at radius 2 is 2.14 bits per heavy atom. The molecule has 0 saturated heterocycles. The van der Waals surface area contributed by atoms with Crippen molar-refractivity contribution < 1.29 is 5.11 Å². The summed E-state index contributed by atoms with van der Waals surface area (Å²) in [5.74, 6) is 0.191. The number of H-pyrrole nitrogens is 1. The largest absolute Gasteiger partial charge is 0.508 e. The summed E-state index contributed by atoms with van der Waals surface area (Å²) in [4.78, 5) is 13.7. The predicted octanol–water partition coefficient (Wildman–Crippen LogP) is 1.80. The van der Waals surface area contributed by atoms with Crippen LogP contribution in [0.15, 0.2) is 29.1 Å². The molecule has 2 aromatic rings. The van der Waals surface area contributed by atoms with Crippen molar-refractivity contribution in [3.05, 3.63) is 40.2 Å². The van der Waals surface area contributed by atoms with Crippen molar-refractivity contribution in [2.45, 2.75) is 13.3 Å². The van der Waals surface area contributed by atoms with Crippen molar-refractivity contribution in [1.82, 2.24) is 4.98 Å². The van der Waals surface area contributed by atoms with Crippen LogP contribution in [0.3, 0.4) is 0 Å². The zero-order valence-corrected chi connectivity index (χ0v) is 7.87. The Morgan fingerprint density at radius 1 is 1.36 bits per heavy atom. The monoisotopic (exact) mass is 189 g/mol. The first-order chi connectivity index (χ1) is 6.70. The van der Waals surface area contributed by atoms with E-state index in [1.54, 1.807) is 18.2 Å². The molecule has 0 atom stereocenters. The van der Waals surface area contributed by atoms with Crippen LogP contribution in [0.25, 0.3) is 10.9 Å². The molecule has 2 N–H and O–H groups in total. The summed E-state index contributed by atoms with van der Waals surface area (Å²) in [5.41, 5.74) is 1.58. The Bertz CT molecular complexity index is 528. The lowest BCUT2D eigenvalue weighted by Gasteiger charge is -2.04. The third-order valence-corrected chi connectivity index (χ3v) is 2.29. The molecule has 0 aliphatic rings. The molecule has 2 rings (SSSR count). The van der Waals surface area contributed by atoms with E-state index in [4.69, 9.17) is 0 Å². The van der Waals surface area contributed by atoms with Gasteiger partial charge in [0.2, 0.25) is 5.56 Å². The molecule has 1 aromatic heterocycles. The SMILES string of the molecule is CCc1cc(O)cc2[nH]c(=O)ccc12. The minimum absolute atomic E-state index is 0.148. The van der Waals surface area contributed by atoms with Crippen molar-refractivity contribution in [2.24, 2.45) is 0 Å². The van der Waals surface area contributed by atoms with Crippen LogP contribution in [0.4, 0.5) is 0 Å². The van der Waals surface area contributed by atoms with E-state index in [1.807, 2.05) is 6.92 Å². The first kappa shape index (κ1) is 8.81. The fourth-order valence-corrected chi connectivity index (χ4v) is 1.62. The first-order valence-electron chi connectivity index (χ1n) is 4.55. The summed E-state index contributed by atoms with van der Waals surface area (Å²) in [6, 6.07) is 6.57. The molecule has 0 fully saturated rings. The fourth-order valence-electron chi connectivity index (χ4n) is 1.62. The second-order valence-corrected chi connectivity index (χ2v) is 3.24. The zero-order valence-electron chi connectivity index (χ0n) is 7.87. The summed E-state index contributed by atoms with van der Waals surface area (Å²) in [7, 11) is 0. The molecule has 3 nitrogen and oxygen atoms in total. The van der Waals surface area contributed by atoms with E-state index in [-0.39, 0.29) is 11.3 Å². The second-order valence-electron chi connectivity index (χ2n) is 3.24. The van der Waals surface area contributed by atoms with Crippen molar-refractivity contribution in [3.63, 3.8) is 0 Å². The van der Waals surface area contributed by atoms with Crippen molar-refractivity contribution in [3.8, 4) is 5.75 Å². The number of hydrogen-bond donors (Lipinski definition) is 2. The van der Waals surface area contributed by atoms with Gasteiger partial charge in [-0.25, -0.2) is 0 Å². The Balaban J connectivity index is 2.87. The van der Waals surface area contributed by atoms with Gasteiger partial charge in [0.25, 0.3) is 0 Å². The molecule has 3 heteroatoms. The Hall–Kier alpha value is -1.77. The summed E-state index contributed by atoms with van der Waals surface area (Å²) in [6.45, 7) is 2.01. The number of fused-ring (bicyclic) bond motifs is 1. The van der Waals surface area contributed by atoms with Gasteiger partial charge < -0.3 is 10.1 Å². The summed E-state index contributed by atoms with van der Waals surface area (Å²) in [5, 5.41) is 10.4. The number of aryl methyl sites for hydroxylation is 1.